The first-order chi connectivity index (χ1) is 11.3. The summed E-state index contributed by atoms with van der Waals surface area (Å²) < 4.78 is 5.23. The first kappa shape index (κ1) is 18.2. The normalized spacial score (nSPS) is 14.2. The molecule has 2 atom stereocenters. The summed E-state index contributed by atoms with van der Waals surface area (Å²) in [4.78, 5) is 12.0. The second kappa shape index (κ2) is 7.64. The van der Waals surface area contributed by atoms with Gasteiger partial charge in [0, 0.05) is 0 Å². The Morgan fingerprint density at radius 3 is 2.46 bits per heavy atom. The third-order valence-corrected chi connectivity index (χ3v) is 3.62. The maximum absolute atomic E-state index is 12.0. The molecule has 0 saturated heterocycles. The Labute approximate surface area is 142 Å². The highest BCUT2D eigenvalue weighted by atomic mass is 16.6. The molecule has 0 heterocycles. The third kappa shape index (κ3) is 5.22. The van der Waals surface area contributed by atoms with Gasteiger partial charge in [0.15, 0.2) is 0 Å². The zero-order chi connectivity index (χ0) is 17.7. The topological polar surface area (TPSA) is 78.8 Å². The number of hydrogen-bond donors (Lipinski definition) is 3. The number of rotatable bonds is 5. The van der Waals surface area contributed by atoms with Gasteiger partial charge in [-0.25, -0.2) is 4.79 Å². The lowest BCUT2D eigenvalue weighted by atomic mass is 9.99. The molecule has 0 aliphatic rings. The minimum absolute atomic E-state index is 0.395. The van der Waals surface area contributed by atoms with Gasteiger partial charge in [0.2, 0.25) is 0 Å². The molecule has 0 radical (unpaired) electrons. The van der Waals surface area contributed by atoms with Crippen molar-refractivity contribution >= 4 is 16.9 Å². The quantitative estimate of drug-likeness (QED) is 0.787. The summed E-state index contributed by atoms with van der Waals surface area (Å²) in [5.74, 6) is 0. The number of benzene rings is 2. The lowest BCUT2D eigenvalue weighted by Crippen LogP contribution is -2.48. The summed E-state index contributed by atoms with van der Waals surface area (Å²) >= 11 is 0. The van der Waals surface area contributed by atoms with Crippen LogP contribution in [0.5, 0.6) is 0 Å². The van der Waals surface area contributed by atoms with E-state index < -0.39 is 30.4 Å². The molecule has 0 aromatic heterocycles. The molecule has 2 aromatic carbocycles. The fraction of sp³-hybridized carbons (Fsp3) is 0.421. The summed E-state index contributed by atoms with van der Waals surface area (Å²) in [5, 5.41) is 24.1. The summed E-state index contributed by atoms with van der Waals surface area (Å²) in [6.45, 7) is 4.88. The number of nitrogens with one attached hydrogen (secondary N) is 1. The highest BCUT2D eigenvalue weighted by molar-refractivity contribution is 5.83. The van der Waals surface area contributed by atoms with Crippen LogP contribution in [0.3, 0.4) is 0 Å². The number of aliphatic hydroxyl groups excluding tert-OH is 2. The van der Waals surface area contributed by atoms with Crippen molar-refractivity contribution in [3.05, 3.63) is 48.0 Å². The molecule has 0 spiro atoms. The van der Waals surface area contributed by atoms with Crippen molar-refractivity contribution in [2.24, 2.45) is 0 Å². The summed E-state index contributed by atoms with van der Waals surface area (Å²) in [6.07, 6.45) is -1.28. The standard InChI is InChI=1S/C19H25NO4/c1-19(2,3)24-18(23)20-16(17(22)12-21)11-13-8-9-14-6-4-5-7-15(14)10-13/h4-10,16-17,21-22H,11-12H2,1-3H3,(H,20,23)/t16-,17?/m1/s1. The van der Waals surface area contributed by atoms with Crippen LogP contribution in [-0.4, -0.2) is 40.7 Å². The fourth-order valence-corrected chi connectivity index (χ4v) is 2.49. The van der Waals surface area contributed by atoms with Gasteiger partial charge in [0.1, 0.15) is 5.60 Å². The molecule has 0 aliphatic carbocycles. The van der Waals surface area contributed by atoms with Crippen molar-refractivity contribution in [3.8, 4) is 0 Å². The molecule has 1 amide bonds. The lowest BCUT2D eigenvalue weighted by Gasteiger charge is -2.26. The predicted octanol–water partition coefficient (Wildman–Crippen LogP) is 2.63. The Balaban J connectivity index is 2.13. The molecule has 24 heavy (non-hydrogen) atoms. The van der Waals surface area contributed by atoms with Crippen molar-refractivity contribution in [2.45, 2.75) is 44.9 Å². The Kier molecular flexibility index (Phi) is 5.80. The average molecular weight is 331 g/mol. The van der Waals surface area contributed by atoms with Crippen LogP contribution < -0.4 is 5.32 Å². The molecular formula is C19H25NO4. The largest absolute Gasteiger partial charge is 0.444 e. The first-order valence-electron chi connectivity index (χ1n) is 8.04. The Bertz CT molecular complexity index is 693. The van der Waals surface area contributed by atoms with E-state index in [1.165, 1.54) is 0 Å². The molecule has 130 valence electrons. The van der Waals surface area contributed by atoms with E-state index >= 15 is 0 Å². The van der Waals surface area contributed by atoms with Crippen molar-refractivity contribution in [1.29, 1.82) is 0 Å². The molecule has 1 unspecified atom stereocenters. The minimum atomic E-state index is -1.07. The van der Waals surface area contributed by atoms with Gasteiger partial charge in [0.25, 0.3) is 0 Å². The molecule has 5 heteroatoms. The number of alkyl carbamates (subject to hydrolysis) is 1. The van der Waals surface area contributed by atoms with Crippen LogP contribution in [0, 0.1) is 0 Å². The van der Waals surface area contributed by atoms with E-state index in [0.717, 1.165) is 16.3 Å². The van der Waals surface area contributed by atoms with Crippen LogP contribution in [0.25, 0.3) is 10.8 Å². The monoisotopic (exact) mass is 331 g/mol. The van der Waals surface area contributed by atoms with E-state index in [2.05, 4.69) is 5.32 Å². The number of amides is 1. The van der Waals surface area contributed by atoms with Gasteiger partial charge in [-0.05, 0) is 43.5 Å². The summed E-state index contributed by atoms with van der Waals surface area (Å²) in [6, 6.07) is 13.3. The van der Waals surface area contributed by atoms with E-state index in [4.69, 9.17) is 4.74 Å². The van der Waals surface area contributed by atoms with Gasteiger partial charge in [-0.15, -0.1) is 0 Å². The number of carbonyl (C=O) groups excluding carboxylic acids is 1. The zero-order valence-electron chi connectivity index (χ0n) is 14.3. The molecule has 0 fully saturated rings. The fourth-order valence-electron chi connectivity index (χ4n) is 2.49. The molecule has 0 saturated carbocycles. The Hall–Kier alpha value is -2.11. The van der Waals surface area contributed by atoms with Gasteiger partial charge >= 0.3 is 6.09 Å². The molecular weight excluding hydrogens is 306 g/mol. The predicted molar refractivity (Wildman–Crippen MR) is 93.9 cm³/mol. The number of ether oxygens (including phenoxy) is 1. The van der Waals surface area contributed by atoms with Gasteiger partial charge in [-0.1, -0.05) is 42.5 Å². The SMILES string of the molecule is CC(C)(C)OC(=O)N[C@H](Cc1ccc2ccccc2c1)C(O)CO. The van der Waals surface area contributed by atoms with Gasteiger partial charge in [0.05, 0.1) is 18.8 Å². The van der Waals surface area contributed by atoms with Gasteiger partial charge in [-0.2, -0.15) is 0 Å². The van der Waals surface area contributed by atoms with E-state index in [1.54, 1.807) is 20.8 Å². The van der Waals surface area contributed by atoms with E-state index in [0.29, 0.717) is 6.42 Å². The number of carbonyl (C=O) groups is 1. The van der Waals surface area contributed by atoms with Crippen molar-refractivity contribution in [1.82, 2.24) is 5.32 Å². The van der Waals surface area contributed by atoms with E-state index in [-0.39, 0.29) is 0 Å². The van der Waals surface area contributed by atoms with Crippen LogP contribution in [0.1, 0.15) is 26.3 Å². The maximum atomic E-state index is 12.0. The molecule has 2 rings (SSSR count). The molecule has 5 nitrogen and oxygen atoms in total. The van der Waals surface area contributed by atoms with Crippen LogP contribution >= 0.6 is 0 Å². The minimum Gasteiger partial charge on any atom is -0.444 e. The first-order valence-corrected chi connectivity index (χ1v) is 8.04. The average Bonchev–Trinajstić information content (AvgIpc) is 2.51. The Morgan fingerprint density at radius 2 is 1.83 bits per heavy atom. The van der Waals surface area contributed by atoms with Gasteiger partial charge in [-0.3, -0.25) is 0 Å². The maximum Gasteiger partial charge on any atom is 0.407 e. The van der Waals surface area contributed by atoms with Crippen molar-refractivity contribution in [3.63, 3.8) is 0 Å². The van der Waals surface area contributed by atoms with Crippen LogP contribution in [-0.2, 0) is 11.2 Å². The lowest BCUT2D eigenvalue weighted by molar-refractivity contribution is 0.0320. The molecule has 0 bridgehead atoms. The second-order valence-electron chi connectivity index (χ2n) is 6.89. The van der Waals surface area contributed by atoms with Crippen LogP contribution in [0.2, 0.25) is 0 Å². The molecule has 0 aliphatic heterocycles. The Morgan fingerprint density at radius 1 is 1.17 bits per heavy atom. The zero-order valence-corrected chi connectivity index (χ0v) is 14.3. The van der Waals surface area contributed by atoms with E-state index in [1.807, 2.05) is 42.5 Å². The van der Waals surface area contributed by atoms with Crippen LogP contribution in [0.4, 0.5) is 4.79 Å². The number of hydrogen-bond acceptors (Lipinski definition) is 4. The number of aliphatic hydroxyl groups is 2. The number of fused-ring (bicyclic) bond motifs is 1. The van der Waals surface area contributed by atoms with E-state index in [9.17, 15) is 15.0 Å². The highest BCUT2D eigenvalue weighted by Crippen LogP contribution is 2.17. The summed E-state index contributed by atoms with van der Waals surface area (Å²) in [7, 11) is 0. The molecule has 3 N–H and O–H groups in total. The van der Waals surface area contributed by atoms with Crippen LogP contribution in [0.15, 0.2) is 42.5 Å². The second-order valence-corrected chi connectivity index (χ2v) is 6.89. The van der Waals surface area contributed by atoms with Crippen molar-refractivity contribution in [2.75, 3.05) is 6.61 Å². The molecule has 2 aromatic rings. The van der Waals surface area contributed by atoms with Gasteiger partial charge < -0.3 is 20.3 Å². The third-order valence-electron chi connectivity index (χ3n) is 3.62. The van der Waals surface area contributed by atoms with Crippen molar-refractivity contribution < 1.29 is 19.7 Å². The highest BCUT2D eigenvalue weighted by Gasteiger charge is 2.24. The smallest absolute Gasteiger partial charge is 0.407 e. The summed E-state index contributed by atoms with van der Waals surface area (Å²) in [5.41, 5.74) is 0.337.